The van der Waals surface area contributed by atoms with E-state index in [1.807, 2.05) is 31.2 Å². The van der Waals surface area contributed by atoms with Crippen molar-refractivity contribution in [2.24, 2.45) is 0 Å². The Morgan fingerprint density at radius 2 is 1.88 bits per heavy atom. The van der Waals surface area contributed by atoms with Gasteiger partial charge in [-0.05, 0) is 44.9 Å². The topological polar surface area (TPSA) is 110 Å². The number of rotatable bonds is 9. The van der Waals surface area contributed by atoms with Crippen LogP contribution in [-0.4, -0.2) is 40.2 Å². The fourth-order valence-corrected chi connectivity index (χ4v) is 5.49. The van der Waals surface area contributed by atoms with Crippen LogP contribution in [0.2, 0.25) is 0 Å². The number of amides is 1. The van der Waals surface area contributed by atoms with Crippen LogP contribution in [0.15, 0.2) is 28.6 Å². The third-order valence-electron chi connectivity index (χ3n) is 4.32. The molecule has 0 bridgehead atoms. The van der Waals surface area contributed by atoms with E-state index in [2.05, 4.69) is 20.8 Å². The Kier molecular flexibility index (Phi) is 7.99. The van der Waals surface area contributed by atoms with E-state index in [4.69, 9.17) is 4.74 Å². The molecule has 2 aromatic heterocycles. The summed E-state index contributed by atoms with van der Waals surface area (Å²) in [6.45, 7) is 6.99. The molecule has 0 unspecified atom stereocenters. The molecule has 0 spiro atoms. The van der Waals surface area contributed by atoms with Crippen molar-refractivity contribution in [3.8, 4) is 0 Å². The number of esters is 1. The number of Topliss-reactive ketones (excluding diaryl/α,β-unsaturated/α-hetero) is 1. The molecule has 0 saturated carbocycles. The average molecular weight is 491 g/mol. The fourth-order valence-electron chi connectivity index (χ4n) is 2.82. The van der Waals surface area contributed by atoms with Gasteiger partial charge in [-0.15, -0.1) is 21.5 Å². The Labute approximate surface area is 197 Å². The van der Waals surface area contributed by atoms with E-state index < -0.39 is 5.97 Å². The maximum Gasteiger partial charge on any atom is 0.341 e. The minimum atomic E-state index is -0.562. The maximum absolute atomic E-state index is 12.5. The van der Waals surface area contributed by atoms with E-state index in [0.717, 1.165) is 22.6 Å². The van der Waals surface area contributed by atoms with Gasteiger partial charge in [0.25, 0.3) is 0 Å². The van der Waals surface area contributed by atoms with Crippen molar-refractivity contribution in [2.45, 2.75) is 32.0 Å². The predicted molar refractivity (Wildman–Crippen MR) is 129 cm³/mol. The molecule has 168 valence electrons. The number of hydrogen-bond donors (Lipinski definition) is 2. The standard InChI is InChI=1S/C21H22N4O4S3/c1-5-29-19(28)16-12(3)17(13(4)26)31-18(16)23-15(27)10-30-21-25-24-20(32-21)22-14-9-7-6-8-11(14)2/h6-9H,5,10H2,1-4H3,(H,22,24)(H,23,27). The number of anilines is 3. The van der Waals surface area contributed by atoms with E-state index in [1.165, 1.54) is 30.0 Å². The monoisotopic (exact) mass is 490 g/mol. The van der Waals surface area contributed by atoms with Crippen LogP contribution in [-0.2, 0) is 9.53 Å². The first-order valence-corrected chi connectivity index (χ1v) is 12.3. The summed E-state index contributed by atoms with van der Waals surface area (Å²) in [5, 5.41) is 15.1. The first kappa shape index (κ1) is 23.9. The molecule has 0 saturated heterocycles. The number of ether oxygens (including phenoxy) is 1. The smallest absolute Gasteiger partial charge is 0.341 e. The van der Waals surface area contributed by atoms with E-state index >= 15 is 0 Å². The lowest BCUT2D eigenvalue weighted by Crippen LogP contribution is -2.16. The van der Waals surface area contributed by atoms with Crippen molar-refractivity contribution in [1.82, 2.24) is 10.2 Å². The van der Waals surface area contributed by atoms with Gasteiger partial charge < -0.3 is 15.4 Å². The van der Waals surface area contributed by atoms with Gasteiger partial charge in [0.15, 0.2) is 10.1 Å². The number of carbonyl (C=O) groups excluding carboxylic acids is 3. The van der Waals surface area contributed by atoms with Crippen molar-refractivity contribution in [2.75, 3.05) is 23.0 Å². The molecule has 3 aromatic rings. The summed E-state index contributed by atoms with van der Waals surface area (Å²) in [5.74, 6) is -0.975. The quantitative estimate of drug-likeness (QED) is 0.243. The van der Waals surface area contributed by atoms with Gasteiger partial charge in [0, 0.05) is 5.69 Å². The van der Waals surface area contributed by atoms with Crippen LogP contribution in [0.25, 0.3) is 0 Å². The van der Waals surface area contributed by atoms with E-state index in [1.54, 1.807) is 13.8 Å². The number of thiophene rings is 1. The summed E-state index contributed by atoms with van der Waals surface area (Å²) in [5.41, 5.74) is 2.77. The molecule has 32 heavy (non-hydrogen) atoms. The Bertz CT molecular complexity index is 1160. The highest BCUT2D eigenvalue weighted by Gasteiger charge is 2.25. The van der Waals surface area contributed by atoms with Crippen LogP contribution in [0.3, 0.4) is 0 Å². The van der Waals surface area contributed by atoms with Crippen molar-refractivity contribution in [3.63, 3.8) is 0 Å². The van der Waals surface area contributed by atoms with Crippen molar-refractivity contribution in [3.05, 3.63) is 45.8 Å². The molecule has 11 heteroatoms. The second-order valence-corrected chi connectivity index (χ2v) is 9.91. The zero-order valence-electron chi connectivity index (χ0n) is 18.0. The maximum atomic E-state index is 12.5. The number of hydrogen-bond acceptors (Lipinski definition) is 10. The van der Waals surface area contributed by atoms with Crippen molar-refractivity contribution in [1.29, 1.82) is 0 Å². The number of benzene rings is 1. The highest BCUT2D eigenvalue weighted by molar-refractivity contribution is 8.01. The summed E-state index contributed by atoms with van der Waals surface area (Å²) < 4.78 is 5.72. The molecule has 8 nitrogen and oxygen atoms in total. The predicted octanol–water partition coefficient (Wildman–Crippen LogP) is 5.07. The van der Waals surface area contributed by atoms with E-state index in [-0.39, 0.29) is 29.6 Å². The van der Waals surface area contributed by atoms with Gasteiger partial charge in [-0.1, -0.05) is 41.3 Å². The zero-order valence-corrected chi connectivity index (χ0v) is 20.4. The number of aromatic nitrogens is 2. The minimum absolute atomic E-state index is 0.0770. The summed E-state index contributed by atoms with van der Waals surface area (Å²) in [6, 6.07) is 7.85. The molecular weight excluding hydrogens is 468 g/mol. The molecule has 0 fully saturated rings. The van der Waals surface area contributed by atoms with Gasteiger partial charge in [-0.2, -0.15) is 0 Å². The number of thioether (sulfide) groups is 1. The second-order valence-electron chi connectivity index (χ2n) is 6.69. The van der Waals surface area contributed by atoms with Crippen LogP contribution in [0.1, 0.15) is 45.0 Å². The van der Waals surface area contributed by atoms with Crippen molar-refractivity contribution < 1.29 is 19.1 Å². The summed E-state index contributed by atoms with van der Waals surface area (Å²) >= 11 is 3.66. The molecule has 0 radical (unpaired) electrons. The largest absolute Gasteiger partial charge is 0.462 e. The molecule has 2 heterocycles. The van der Waals surface area contributed by atoms with Gasteiger partial charge >= 0.3 is 5.97 Å². The molecule has 0 aliphatic heterocycles. The molecule has 1 aromatic carbocycles. The van der Waals surface area contributed by atoms with Crippen LogP contribution in [0.4, 0.5) is 15.8 Å². The van der Waals surface area contributed by atoms with Gasteiger partial charge in [0.2, 0.25) is 11.0 Å². The lowest BCUT2D eigenvalue weighted by molar-refractivity contribution is -0.113. The molecule has 2 N–H and O–H groups in total. The number of carbonyl (C=O) groups is 3. The SMILES string of the molecule is CCOC(=O)c1c(NC(=O)CSc2nnc(Nc3ccccc3C)s2)sc(C(C)=O)c1C. The Hall–Kier alpha value is -2.76. The first-order valence-electron chi connectivity index (χ1n) is 9.70. The normalized spacial score (nSPS) is 10.6. The number of nitrogens with one attached hydrogen (secondary N) is 2. The number of ketones is 1. The molecule has 0 aliphatic carbocycles. The summed E-state index contributed by atoms with van der Waals surface area (Å²) in [7, 11) is 0. The minimum Gasteiger partial charge on any atom is -0.462 e. The highest BCUT2D eigenvalue weighted by atomic mass is 32.2. The van der Waals surface area contributed by atoms with Gasteiger partial charge in [-0.3, -0.25) is 9.59 Å². The first-order chi connectivity index (χ1) is 15.3. The molecular formula is C21H22N4O4S3. The highest BCUT2D eigenvalue weighted by Crippen LogP contribution is 2.35. The zero-order chi connectivity index (χ0) is 23.3. The molecule has 0 aliphatic rings. The number of para-hydroxylation sites is 1. The third kappa shape index (κ3) is 5.72. The molecule has 1 amide bonds. The summed E-state index contributed by atoms with van der Waals surface area (Å²) in [6.07, 6.45) is 0. The Morgan fingerprint density at radius 1 is 1.12 bits per heavy atom. The second kappa shape index (κ2) is 10.7. The van der Waals surface area contributed by atoms with E-state index in [0.29, 0.717) is 24.9 Å². The van der Waals surface area contributed by atoms with Crippen LogP contribution < -0.4 is 10.6 Å². The molecule has 3 rings (SSSR count). The lowest BCUT2D eigenvalue weighted by Gasteiger charge is -2.06. The summed E-state index contributed by atoms with van der Waals surface area (Å²) in [4.78, 5) is 37.2. The van der Waals surface area contributed by atoms with Crippen LogP contribution >= 0.6 is 34.4 Å². The Morgan fingerprint density at radius 3 is 2.56 bits per heavy atom. The lowest BCUT2D eigenvalue weighted by atomic mass is 10.1. The average Bonchev–Trinajstić information content (AvgIpc) is 3.32. The fraction of sp³-hybridized carbons (Fsp3) is 0.286. The third-order valence-corrected chi connectivity index (χ3v) is 7.60. The van der Waals surface area contributed by atoms with Crippen LogP contribution in [0, 0.1) is 13.8 Å². The molecule has 0 atom stereocenters. The van der Waals surface area contributed by atoms with Crippen LogP contribution in [0.5, 0.6) is 0 Å². The van der Waals surface area contributed by atoms with Gasteiger partial charge in [-0.25, -0.2) is 4.79 Å². The van der Waals surface area contributed by atoms with Crippen molar-refractivity contribution >= 4 is 67.9 Å². The van der Waals surface area contributed by atoms with E-state index in [9.17, 15) is 14.4 Å². The van der Waals surface area contributed by atoms with Gasteiger partial charge in [0.05, 0.1) is 22.8 Å². The number of nitrogens with zero attached hydrogens (tertiary/aromatic N) is 2. The number of aryl methyl sites for hydroxylation is 1. The van der Waals surface area contributed by atoms with Gasteiger partial charge in [0.1, 0.15) is 5.00 Å². The Balaban J connectivity index is 1.65.